The fourth-order valence-corrected chi connectivity index (χ4v) is 4.08. The second-order valence-electron chi connectivity index (χ2n) is 5.60. The zero-order valence-corrected chi connectivity index (χ0v) is 17.4. The van der Waals surface area contributed by atoms with Crippen LogP contribution in [0.25, 0.3) is 6.08 Å². The van der Waals surface area contributed by atoms with Gasteiger partial charge in [0.1, 0.15) is 10.9 Å². The van der Waals surface area contributed by atoms with Gasteiger partial charge < -0.3 is 14.8 Å². The Bertz CT molecular complexity index is 912. The first kappa shape index (κ1) is 18.9. The molecule has 134 valence electrons. The van der Waals surface area contributed by atoms with Gasteiger partial charge in [-0.2, -0.15) is 0 Å². The molecule has 0 aliphatic carbocycles. The van der Waals surface area contributed by atoms with Crippen molar-refractivity contribution >= 4 is 56.2 Å². The highest BCUT2D eigenvalue weighted by atomic mass is 79.9. The van der Waals surface area contributed by atoms with Gasteiger partial charge in [0.05, 0.1) is 16.5 Å². The summed E-state index contributed by atoms with van der Waals surface area (Å²) in [7, 11) is 1.59. The van der Waals surface area contributed by atoms with Crippen molar-refractivity contribution in [3.8, 4) is 11.5 Å². The van der Waals surface area contributed by atoms with Gasteiger partial charge in [0.15, 0.2) is 11.5 Å². The van der Waals surface area contributed by atoms with E-state index in [1.54, 1.807) is 13.2 Å². The summed E-state index contributed by atoms with van der Waals surface area (Å²) in [5.74, 6) is 1.03. The first-order valence-electron chi connectivity index (χ1n) is 7.77. The Kier molecular flexibility index (Phi) is 6.01. The Morgan fingerprint density at radius 2 is 2.08 bits per heavy atom. The van der Waals surface area contributed by atoms with E-state index in [2.05, 4.69) is 34.2 Å². The van der Waals surface area contributed by atoms with Crippen LogP contribution >= 0.6 is 39.9 Å². The highest BCUT2D eigenvalue weighted by Crippen LogP contribution is 2.38. The van der Waals surface area contributed by atoms with Crippen LogP contribution in [0, 0.1) is 6.92 Å². The molecule has 0 unspecified atom stereocenters. The minimum atomic E-state index is -0.185. The maximum atomic E-state index is 11.8. The summed E-state index contributed by atoms with van der Waals surface area (Å²) in [4.78, 5) is 12.4. The lowest BCUT2D eigenvalue weighted by Gasteiger charge is -2.14. The van der Waals surface area contributed by atoms with Crippen LogP contribution in [0.3, 0.4) is 0 Å². The summed E-state index contributed by atoms with van der Waals surface area (Å²) >= 11 is 9.80. The Morgan fingerprint density at radius 1 is 1.31 bits per heavy atom. The average Bonchev–Trinajstić information content (AvgIpc) is 2.92. The topological polar surface area (TPSA) is 47.6 Å². The molecule has 2 aromatic rings. The lowest BCUT2D eigenvalue weighted by atomic mass is 10.1. The average molecular weight is 450 g/mol. The molecule has 1 amide bonds. The predicted molar refractivity (Wildman–Crippen MR) is 113 cm³/mol. The van der Waals surface area contributed by atoms with E-state index in [-0.39, 0.29) is 5.91 Å². The Balaban J connectivity index is 1.86. The van der Waals surface area contributed by atoms with Crippen LogP contribution in [0.4, 0.5) is 0 Å². The second-order valence-corrected chi connectivity index (χ2v) is 8.17. The van der Waals surface area contributed by atoms with Crippen molar-refractivity contribution in [2.45, 2.75) is 13.5 Å². The van der Waals surface area contributed by atoms with Crippen LogP contribution in [-0.2, 0) is 11.4 Å². The van der Waals surface area contributed by atoms with E-state index in [1.165, 1.54) is 17.3 Å². The smallest absolute Gasteiger partial charge is 0.263 e. The first-order chi connectivity index (χ1) is 12.5. The Labute approximate surface area is 170 Å². The number of thiocarbonyl (C=S) groups is 1. The number of benzene rings is 2. The van der Waals surface area contributed by atoms with Crippen LogP contribution in [0.15, 0.2) is 45.8 Å². The van der Waals surface area contributed by atoms with Gasteiger partial charge in [0.25, 0.3) is 5.91 Å². The lowest BCUT2D eigenvalue weighted by molar-refractivity contribution is -0.115. The van der Waals surface area contributed by atoms with Crippen molar-refractivity contribution < 1.29 is 14.3 Å². The molecule has 0 spiro atoms. The molecular weight excluding hydrogens is 434 g/mol. The molecule has 1 fully saturated rings. The number of hydrogen-bond acceptors (Lipinski definition) is 5. The van der Waals surface area contributed by atoms with Crippen molar-refractivity contribution in [1.82, 2.24) is 5.32 Å². The molecule has 7 heteroatoms. The minimum Gasteiger partial charge on any atom is -0.493 e. The molecule has 0 aromatic heterocycles. The van der Waals surface area contributed by atoms with Crippen molar-refractivity contribution in [2.24, 2.45) is 0 Å². The largest absolute Gasteiger partial charge is 0.493 e. The molecular formula is C19H16BrNO3S2. The second kappa shape index (κ2) is 8.24. The number of hydrogen-bond donors (Lipinski definition) is 1. The van der Waals surface area contributed by atoms with E-state index in [9.17, 15) is 4.79 Å². The molecule has 1 N–H and O–H groups in total. The third-order valence-corrected chi connectivity index (χ3v) is 5.58. The number of aryl methyl sites for hydroxylation is 1. The van der Waals surface area contributed by atoms with Gasteiger partial charge >= 0.3 is 0 Å². The summed E-state index contributed by atoms with van der Waals surface area (Å²) in [6, 6.07) is 11.8. The third kappa shape index (κ3) is 4.28. The van der Waals surface area contributed by atoms with Crippen LogP contribution in [0.2, 0.25) is 0 Å². The zero-order chi connectivity index (χ0) is 18.7. The number of rotatable bonds is 5. The summed E-state index contributed by atoms with van der Waals surface area (Å²) in [5.41, 5.74) is 3.10. The maximum Gasteiger partial charge on any atom is 0.263 e. The number of carbonyl (C=O) groups is 1. The Hall–Kier alpha value is -1.83. The molecule has 0 atom stereocenters. The van der Waals surface area contributed by atoms with Crippen molar-refractivity contribution in [3.05, 3.63) is 62.5 Å². The highest BCUT2D eigenvalue weighted by molar-refractivity contribution is 9.10. The van der Waals surface area contributed by atoms with E-state index >= 15 is 0 Å². The zero-order valence-electron chi connectivity index (χ0n) is 14.2. The van der Waals surface area contributed by atoms with Crippen LogP contribution in [0.5, 0.6) is 11.5 Å². The number of thioether (sulfide) groups is 1. The molecule has 26 heavy (non-hydrogen) atoms. The number of ether oxygens (including phenoxy) is 2. The number of carbonyl (C=O) groups excluding carboxylic acids is 1. The summed E-state index contributed by atoms with van der Waals surface area (Å²) < 4.78 is 12.7. The number of nitrogens with one attached hydrogen (secondary N) is 1. The van der Waals surface area contributed by atoms with Crippen LogP contribution in [0.1, 0.15) is 16.7 Å². The van der Waals surface area contributed by atoms with Gasteiger partial charge in [-0.15, -0.1) is 0 Å². The fraction of sp³-hybridized carbons (Fsp3) is 0.158. The van der Waals surface area contributed by atoms with Gasteiger partial charge in [0.2, 0.25) is 0 Å². The molecule has 0 saturated carbocycles. The molecule has 1 heterocycles. The molecule has 4 nitrogen and oxygen atoms in total. The summed E-state index contributed by atoms with van der Waals surface area (Å²) in [6.07, 6.45) is 1.78. The summed E-state index contributed by atoms with van der Waals surface area (Å²) in [6.45, 7) is 2.49. The van der Waals surface area contributed by atoms with Crippen LogP contribution < -0.4 is 14.8 Å². The standard InChI is InChI=1S/C19H16BrNO3S2/c1-11-5-3-4-6-13(11)10-24-17-14(20)7-12(8-15(17)23-2)9-16-18(22)21-19(25)26-16/h3-9H,10H2,1-2H3,(H,21,22,25)/b16-9-. The normalized spacial score (nSPS) is 15.3. The van der Waals surface area contributed by atoms with Gasteiger partial charge in [-0.05, 0) is 57.8 Å². The minimum absolute atomic E-state index is 0.185. The SMILES string of the molecule is COc1cc(/C=C2\SC(=S)NC2=O)cc(Br)c1OCc1ccccc1C. The molecule has 2 aromatic carbocycles. The first-order valence-corrected chi connectivity index (χ1v) is 9.79. The van der Waals surface area contributed by atoms with E-state index in [0.29, 0.717) is 27.3 Å². The van der Waals surface area contributed by atoms with E-state index in [1.807, 2.05) is 30.3 Å². The number of halogens is 1. The van der Waals surface area contributed by atoms with E-state index in [0.717, 1.165) is 15.6 Å². The predicted octanol–water partition coefficient (Wildman–Crippen LogP) is 4.83. The summed E-state index contributed by atoms with van der Waals surface area (Å²) in [5, 5.41) is 2.60. The van der Waals surface area contributed by atoms with Gasteiger partial charge in [-0.25, -0.2) is 0 Å². The van der Waals surface area contributed by atoms with Crippen molar-refractivity contribution in [1.29, 1.82) is 0 Å². The molecule has 0 bridgehead atoms. The quantitative estimate of drug-likeness (QED) is 0.522. The molecule has 0 radical (unpaired) electrons. The molecule has 3 rings (SSSR count). The van der Waals surface area contributed by atoms with Gasteiger partial charge in [0, 0.05) is 0 Å². The fourth-order valence-electron chi connectivity index (χ4n) is 2.46. The van der Waals surface area contributed by atoms with E-state index < -0.39 is 0 Å². The van der Waals surface area contributed by atoms with Gasteiger partial charge in [-0.3, -0.25) is 4.79 Å². The van der Waals surface area contributed by atoms with Crippen molar-refractivity contribution in [3.63, 3.8) is 0 Å². The third-order valence-electron chi connectivity index (χ3n) is 3.82. The van der Waals surface area contributed by atoms with Crippen LogP contribution in [-0.4, -0.2) is 17.3 Å². The van der Waals surface area contributed by atoms with Crippen molar-refractivity contribution in [2.75, 3.05) is 7.11 Å². The van der Waals surface area contributed by atoms with Gasteiger partial charge in [-0.1, -0.05) is 48.2 Å². The highest BCUT2D eigenvalue weighted by Gasteiger charge is 2.22. The molecule has 1 aliphatic heterocycles. The monoisotopic (exact) mass is 449 g/mol. The van der Waals surface area contributed by atoms with E-state index in [4.69, 9.17) is 21.7 Å². The number of amides is 1. The Morgan fingerprint density at radius 3 is 2.73 bits per heavy atom. The maximum absolute atomic E-state index is 11.8. The number of methoxy groups -OCH3 is 1. The lowest BCUT2D eigenvalue weighted by Crippen LogP contribution is -2.17. The molecule has 1 saturated heterocycles. The molecule has 1 aliphatic rings.